The first-order valence-electron chi connectivity index (χ1n) is 12.0. The maximum Gasteiger partial charge on any atom is 0.238 e. The van der Waals surface area contributed by atoms with E-state index >= 15 is 0 Å². The van der Waals surface area contributed by atoms with Crippen LogP contribution in [-0.2, 0) is 11.3 Å². The van der Waals surface area contributed by atoms with Crippen molar-refractivity contribution in [3.05, 3.63) is 71.6 Å². The van der Waals surface area contributed by atoms with Gasteiger partial charge in [-0.2, -0.15) is 0 Å². The summed E-state index contributed by atoms with van der Waals surface area (Å²) in [4.78, 5) is 15.6. The van der Waals surface area contributed by atoms with E-state index in [1.807, 2.05) is 34.6 Å². The summed E-state index contributed by atoms with van der Waals surface area (Å²) in [5.74, 6) is 2.43. The fourth-order valence-electron chi connectivity index (χ4n) is 4.52. The minimum Gasteiger partial charge on any atom is -0.469 e. The number of thioether (sulfide) groups is 1. The van der Waals surface area contributed by atoms with Crippen LogP contribution in [0.3, 0.4) is 0 Å². The molecule has 4 aromatic rings. The Balaban J connectivity index is 1.42. The molecule has 5 rings (SSSR count). The van der Waals surface area contributed by atoms with Gasteiger partial charge in [0.2, 0.25) is 5.91 Å². The van der Waals surface area contributed by atoms with Crippen molar-refractivity contribution >= 4 is 23.4 Å². The van der Waals surface area contributed by atoms with Crippen molar-refractivity contribution < 1.29 is 13.6 Å². The zero-order chi connectivity index (χ0) is 25.1. The van der Waals surface area contributed by atoms with Gasteiger partial charge in [-0.15, -0.1) is 10.2 Å². The van der Waals surface area contributed by atoms with Gasteiger partial charge in [0.15, 0.2) is 11.0 Å². The van der Waals surface area contributed by atoms with Crippen LogP contribution in [0, 0.1) is 20.8 Å². The van der Waals surface area contributed by atoms with Crippen LogP contribution < -0.4 is 15.5 Å². The van der Waals surface area contributed by atoms with Crippen LogP contribution in [0.2, 0.25) is 0 Å². The number of piperazine rings is 1. The van der Waals surface area contributed by atoms with Gasteiger partial charge < -0.3 is 14.2 Å². The predicted molar refractivity (Wildman–Crippen MR) is 139 cm³/mol. The Kier molecular flexibility index (Phi) is 7.26. The van der Waals surface area contributed by atoms with E-state index in [1.165, 1.54) is 11.8 Å². The molecule has 1 saturated heterocycles. The number of furan rings is 2. The van der Waals surface area contributed by atoms with Crippen LogP contribution in [0.4, 0.5) is 5.69 Å². The van der Waals surface area contributed by atoms with Crippen molar-refractivity contribution in [2.45, 2.75) is 38.6 Å². The van der Waals surface area contributed by atoms with E-state index in [-0.39, 0.29) is 17.8 Å². The zero-order valence-electron chi connectivity index (χ0n) is 20.7. The van der Waals surface area contributed by atoms with Gasteiger partial charge in [-0.3, -0.25) is 19.6 Å². The largest absolute Gasteiger partial charge is 0.469 e. The van der Waals surface area contributed by atoms with Crippen LogP contribution in [0.15, 0.2) is 62.9 Å². The van der Waals surface area contributed by atoms with E-state index in [0.717, 1.165) is 47.0 Å². The Labute approximate surface area is 214 Å². The fourth-order valence-corrected chi connectivity index (χ4v) is 5.31. The number of anilines is 1. The van der Waals surface area contributed by atoms with Crippen LogP contribution in [0.5, 0.6) is 0 Å². The van der Waals surface area contributed by atoms with Crippen LogP contribution in [-0.4, -0.2) is 52.2 Å². The van der Waals surface area contributed by atoms with Gasteiger partial charge in [-0.05, 0) is 62.2 Å². The summed E-state index contributed by atoms with van der Waals surface area (Å²) in [6, 6.07) is 11.9. The molecule has 0 saturated carbocycles. The molecule has 1 unspecified atom stereocenters. The number of nitrogens with one attached hydrogen (secondary N) is 2. The SMILES string of the molecule is Cc1cc(C)cc(N(C(=O)CSc2nnc(-c3ccoc3C)n2Cc2ccco2)C2CNCCN2)c1. The number of aromatic nitrogens is 3. The highest BCUT2D eigenvalue weighted by atomic mass is 32.2. The van der Waals surface area contributed by atoms with Crippen LogP contribution in [0.1, 0.15) is 22.6 Å². The molecule has 1 aliphatic heterocycles. The number of benzene rings is 1. The normalized spacial score (nSPS) is 15.8. The highest BCUT2D eigenvalue weighted by Gasteiger charge is 2.28. The lowest BCUT2D eigenvalue weighted by Crippen LogP contribution is -2.59. The molecule has 9 nitrogen and oxygen atoms in total. The van der Waals surface area contributed by atoms with Gasteiger partial charge >= 0.3 is 0 Å². The van der Waals surface area contributed by atoms with E-state index in [1.54, 1.807) is 12.5 Å². The number of rotatable bonds is 8. The second-order valence-electron chi connectivity index (χ2n) is 8.93. The molecular weight excluding hydrogens is 476 g/mol. The molecule has 3 aromatic heterocycles. The van der Waals surface area contributed by atoms with Gasteiger partial charge in [0.05, 0.1) is 36.6 Å². The van der Waals surface area contributed by atoms with Gasteiger partial charge in [-0.25, -0.2) is 0 Å². The van der Waals surface area contributed by atoms with Gasteiger partial charge in [-0.1, -0.05) is 17.8 Å². The fraction of sp³-hybridized carbons (Fsp3) is 0.346. The van der Waals surface area contributed by atoms with Crippen molar-refractivity contribution in [1.29, 1.82) is 0 Å². The summed E-state index contributed by atoms with van der Waals surface area (Å²) in [5.41, 5.74) is 4.00. The monoisotopic (exact) mass is 506 g/mol. The lowest BCUT2D eigenvalue weighted by atomic mass is 10.1. The highest BCUT2D eigenvalue weighted by Crippen LogP contribution is 2.29. The van der Waals surface area contributed by atoms with Gasteiger partial charge in [0.25, 0.3) is 0 Å². The zero-order valence-corrected chi connectivity index (χ0v) is 21.5. The van der Waals surface area contributed by atoms with E-state index in [2.05, 4.69) is 52.9 Å². The topological polar surface area (TPSA) is 101 Å². The number of hydrogen-bond donors (Lipinski definition) is 2. The Morgan fingerprint density at radius 3 is 2.61 bits per heavy atom. The van der Waals surface area contributed by atoms with Crippen LogP contribution >= 0.6 is 11.8 Å². The third-order valence-electron chi connectivity index (χ3n) is 6.12. The number of carbonyl (C=O) groups is 1. The van der Waals surface area contributed by atoms with Crippen molar-refractivity contribution in [2.75, 3.05) is 30.3 Å². The van der Waals surface area contributed by atoms with E-state index < -0.39 is 0 Å². The van der Waals surface area contributed by atoms with E-state index in [0.29, 0.717) is 24.1 Å². The average molecular weight is 507 g/mol. The summed E-state index contributed by atoms with van der Waals surface area (Å²) >= 11 is 1.37. The first kappa shape index (κ1) is 24.4. The molecule has 36 heavy (non-hydrogen) atoms. The molecule has 2 N–H and O–H groups in total. The minimum absolute atomic E-state index is 0.000194. The number of amides is 1. The molecule has 188 valence electrons. The molecule has 10 heteroatoms. The molecular formula is C26H30N6O3S. The standard InChI is InChI=1S/C26H30N6O3S/c1-17-11-18(2)13-20(12-17)32(23-14-27-7-8-28-23)24(33)16-36-26-30-29-25(22-6-10-34-19(22)3)31(26)15-21-5-4-9-35-21/h4-6,9-13,23,27-28H,7-8,14-16H2,1-3H3. The van der Waals surface area contributed by atoms with Crippen molar-refractivity contribution in [1.82, 2.24) is 25.4 Å². The molecule has 4 heterocycles. The number of carbonyl (C=O) groups excluding carboxylic acids is 1. The molecule has 1 aromatic carbocycles. The molecule has 0 spiro atoms. The molecule has 0 radical (unpaired) electrons. The summed E-state index contributed by atoms with van der Waals surface area (Å²) < 4.78 is 13.1. The van der Waals surface area contributed by atoms with Crippen molar-refractivity contribution in [3.8, 4) is 11.4 Å². The Bertz CT molecular complexity index is 1300. The van der Waals surface area contributed by atoms with Crippen molar-refractivity contribution in [2.24, 2.45) is 0 Å². The minimum atomic E-state index is -0.127. The summed E-state index contributed by atoms with van der Waals surface area (Å²) in [6.07, 6.45) is 3.16. The Morgan fingerprint density at radius 2 is 1.94 bits per heavy atom. The average Bonchev–Trinajstić information content (AvgIpc) is 3.60. The van der Waals surface area contributed by atoms with E-state index in [4.69, 9.17) is 8.83 Å². The van der Waals surface area contributed by atoms with Gasteiger partial charge in [0, 0.05) is 25.3 Å². The summed E-state index contributed by atoms with van der Waals surface area (Å²) in [6.45, 7) is 8.81. The summed E-state index contributed by atoms with van der Waals surface area (Å²) in [7, 11) is 0. The first-order valence-corrected chi connectivity index (χ1v) is 13.0. The van der Waals surface area contributed by atoms with Gasteiger partial charge in [0.1, 0.15) is 11.5 Å². The third kappa shape index (κ3) is 5.25. The molecule has 1 fully saturated rings. The molecule has 1 aliphatic rings. The Morgan fingerprint density at radius 1 is 1.11 bits per heavy atom. The summed E-state index contributed by atoms with van der Waals surface area (Å²) in [5, 5.41) is 16.4. The molecule has 0 bridgehead atoms. The predicted octanol–water partition coefficient (Wildman–Crippen LogP) is 3.75. The molecule has 1 amide bonds. The lowest BCUT2D eigenvalue weighted by Gasteiger charge is -2.35. The second-order valence-corrected chi connectivity index (χ2v) is 9.88. The van der Waals surface area contributed by atoms with Crippen molar-refractivity contribution in [3.63, 3.8) is 0 Å². The van der Waals surface area contributed by atoms with Crippen LogP contribution in [0.25, 0.3) is 11.4 Å². The quantitative estimate of drug-likeness (QED) is 0.349. The lowest BCUT2D eigenvalue weighted by molar-refractivity contribution is -0.116. The third-order valence-corrected chi connectivity index (χ3v) is 7.07. The van der Waals surface area contributed by atoms with E-state index in [9.17, 15) is 4.79 Å². The maximum absolute atomic E-state index is 13.7. The Hall–Kier alpha value is -3.34. The second kappa shape index (κ2) is 10.7. The molecule has 1 atom stereocenters. The highest BCUT2D eigenvalue weighted by molar-refractivity contribution is 7.99. The number of aryl methyl sites for hydroxylation is 3. The maximum atomic E-state index is 13.7. The number of hydrogen-bond acceptors (Lipinski definition) is 8. The first-order chi connectivity index (χ1) is 17.5. The molecule has 0 aliphatic carbocycles. The number of nitrogens with zero attached hydrogens (tertiary/aromatic N) is 4. The smallest absolute Gasteiger partial charge is 0.238 e.